The van der Waals surface area contributed by atoms with E-state index >= 15 is 0 Å². The number of anilines is 1. The van der Waals surface area contributed by atoms with Crippen molar-refractivity contribution in [1.29, 1.82) is 0 Å². The molecular formula is C10H17N3O2S. The van der Waals surface area contributed by atoms with Gasteiger partial charge in [0.05, 0.1) is 6.10 Å². The van der Waals surface area contributed by atoms with Crippen LogP contribution in [0.4, 0.5) is 5.13 Å². The molecule has 0 unspecified atom stereocenters. The second kappa shape index (κ2) is 5.91. The molecule has 0 saturated heterocycles. The van der Waals surface area contributed by atoms with Gasteiger partial charge in [-0.25, -0.2) is 0 Å². The minimum absolute atomic E-state index is 0.0476. The number of hydrogen-bond donors (Lipinski definition) is 1. The third-order valence-electron chi connectivity index (χ3n) is 1.73. The largest absolute Gasteiger partial charge is 0.369 e. The molecule has 0 aliphatic carbocycles. The van der Waals surface area contributed by atoms with Crippen LogP contribution in [0, 0.1) is 0 Å². The number of rotatable bonds is 5. The lowest BCUT2D eigenvalue weighted by atomic mass is 10.2. The standard InChI is InChI=1S/C10H17N3O2S/c1-6(2)9-12-13-10(16-9)11-8(14)5-15-7(3)4/h6-7H,5H2,1-4H3,(H,11,13,14). The number of nitrogens with one attached hydrogen (secondary N) is 1. The summed E-state index contributed by atoms with van der Waals surface area (Å²) in [5.41, 5.74) is 0. The molecule has 1 N–H and O–H groups in total. The second-order valence-corrected chi connectivity index (χ2v) is 5.02. The van der Waals surface area contributed by atoms with Crippen LogP contribution < -0.4 is 5.32 Å². The summed E-state index contributed by atoms with van der Waals surface area (Å²) in [4.78, 5) is 11.4. The summed E-state index contributed by atoms with van der Waals surface area (Å²) in [6.07, 6.45) is 0.0476. The van der Waals surface area contributed by atoms with Crippen LogP contribution in [0.25, 0.3) is 0 Å². The molecule has 0 aliphatic rings. The number of aromatic nitrogens is 2. The average Bonchev–Trinajstić information content (AvgIpc) is 2.63. The lowest BCUT2D eigenvalue weighted by Gasteiger charge is -2.05. The number of carbonyl (C=O) groups excluding carboxylic acids is 1. The number of carbonyl (C=O) groups is 1. The average molecular weight is 243 g/mol. The molecule has 0 fully saturated rings. The zero-order valence-electron chi connectivity index (χ0n) is 9.98. The normalized spacial score (nSPS) is 11.1. The molecule has 0 radical (unpaired) electrons. The van der Waals surface area contributed by atoms with Gasteiger partial charge in [0.15, 0.2) is 0 Å². The number of amides is 1. The van der Waals surface area contributed by atoms with E-state index in [0.717, 1.165) is 5.01 Å². The Kier molecular flexibility index (Phi) is 4.82. The Morgan fingerprint density at radius 1 is 1.38 bits per heavy atom. The zero-order chi connectivity index (χ0) is 12.1. The lowest BCUT2D eigenvalue weighted by Crippen LogP contribution is -2.20. The van der Waals surface area contributed by atoms with Gasteiger partial charge in [0, 0.05) is 5.92 Å². The van der Waals surface area contributed by atoms with E-state index in [4.69, 9.17) is 4.74 Å². The van der Waals surface area contributed by atoms with Gasteiger partial charge in [-0.15, -0.1) is 10.2 Å². The van der Waals surface area contributed by atoms with Crippen molar-refractivity contribution < 1.29 is 9.53 Å². The van der Waals surface area contributed by atoms with E-state index in [1.807, 2.05) is 27.7 Å². The summed E-state index contributed by atoms with van der Waals surface area (Å²) in [6.45, 7) is 7.89. The Bertz CT molecular complexity index is 350. The van der Waals surface area contributed by atoms with Crippen LogP contribution >= 0.6 is 11.3 Å². The van der Waals surface area contributed by atoms with Crippen LogP contribution in [0.3, 0.4) is 0 Å². The highest BCUT2D eigenvalue weighted by Crippen LogP contribution is 2.22. The highest BCUT2D eigenvalue weighted by atomic mass is 32.1. The van der Waals surface area contributed by atoms with Gasteiger partial charge in [0.25, 0.3) is 5.91 Å². The van der Waals surface area contributed by atoms with Crippen molar-refractivity contribution in [3.63, 3.8) is 0 Å². The molecule has 1 amide bonds. The smallest absolute Gasteiger partial charge is 0.252 e. The number of nitrogens with zero attached hydrogens (tertiary/aromatic N) is 2. The fourth-order valence-corrected chi connectivity index (χ4v) is 1.68. The number of ether oxygens (including phenoxy) is 1. The summed E-state index contributed by atoms with van der Waals surface area (Å²) in [5, 5.41) is 12.0. The van der Waals surface area contributed by atoms with Gasteiger partial charge >= 0.3 is 0 Å². The van der Waals surface area contributed by atoms with E-state index in [1.165, 1.54) is 11.3 Å². The van der Waals surface area contributed by atoms with Gasteiger partial charge in [-0.2, -0.15) is 0 Å². The second-order valence-electron chi connectivity index (χ2n) is 4.01. The lowest BCUT2D eigenvalue weighted by molar-refractivity contribution is -0.121. The third-order valence-corrected chi connectivity index (χ3v) is 2.87. The zero-order valence-corrected chi connectivity index (χ0v) is 10.8. The summed E-state index contributed by atoms with van der Waals surface area (Å²) in [5.74, 6) is 0.134. The van der Waals surface area contributed by atoms with E-state index in [9.17, 15) is 4.79 Å². The van der Waals surface area contributed by atoms with Crippen molar-refractivity contribution in [3.8, 4) is 0 Å². The maximum atomic E-state index is 11.4. The molecular weight excluding hydrogens is 226 g/mol. The van der Waals surface area contributed by atoms with Crippen molar-refractivity contribution in [3.05, 3.63) is 5.01 Å². The molecule has 1 heterocycles. The fraction of sp³-hybridized carbons (Fsp3) is 0.700. The first-order chi connectivity index (χ1) is 7.49. The van der Waals surface area contributed by atoms with Gasteiger partial charge in [-0.05, 0) is 13.8 Å². The maximum Gasteiger partial charge on any atom is 0.252 e. The molecule has 6 heteroatoms. The third kappa shape index (κ3) is 4.24. The minimum atomic E-state index is -0.194. The molecule has 0 bridgehead atoms. The predicted molar refractivity (Wildman–Crippen MR) is 63.7 cm³/mol. The first-order valence-corrected chi connectivity index (χ1v) is 6.05. The van der Waals surface area contributed by atoms with E-state index in [0.29, 0.717) is 11.0 Å². The molecule has 0 aromatic carbocycles. The van der Waals surface area contributed by atoms with Gasteiger partial charge in [0.2, 0.25) is 5.13 Å². The van der Waals surface area contributed by atoms with Crippen molar-refractivity contribution in [1.82, 2.24) is 10.2 Å². The van der Waals surface area contributed by atoms with E-state index < -0.39 is 0 Å². The maximum absolute atomic E-state index is 11.4. The molecule has 0 aliphatic heterocycles. The summed E-state index contributed by atoms with van der Waals surface area (Å²) < 4.78 is 5.17. The van der Waals surface area contributed by atoms with Gasteiger partial charge in [0.1, 0.15) is 11.6 Å². The molecule has 5 nitrogen and oxygen atoms in total. The van der Waals surface area contributed by atoms with Gasteiger partial charge < -0.3 is 4.74 Å². The molecule has 1 rings (SSSR count). The van der Waals surface area contributed by atoms with Crippen LogP contribution in [0.2, 0.25) is 0 Å². The molecule has 0 atom stereocenters. The van der Waals surface area contributed by atoms with Crippen LogP contribution in [0.1, 0.15) is 38.6 Å². The summed E-state index contributed by atoms with van der Waals surface area (Å²) >= 11 is 1.39. The van der Waals surface area contributed by atoms with Crippen LogP contribution in [-0.2, 0) is 9.53 Å². The van der Waals surface area contributed by atoms with E-state index in [2.05, 4.69) is 15.5 Å². The van der Waals surface area contributed by atoms with Crippen LogP contribution in [0.15, 0.2) is 0 Å². The molecule has 1 aromatic heterocycles. The van der Waals surface area contributed by atoms with Crippen LogP contribution in [0.5, 0.6) is 0 Å². The number of hydrogen-bond acceptors (Lipinski definition) is 5. The molecule has 0 spiro atoms. The SMILES string of the molecule is CC(C)OCC(=O)Nc1nnc(C(C)C)s1. The van der Waals surface area contributed by atoms with Crippen molar-refractivity contribution in [2.24, 2.45) is 0 Å². The van der Waals surface area contributed by atoms with E-state index in [-0.39, 0.29) is 18.6 Å². The van der Waals surface area contributed by atoms with Gasteiger partial charge in [-0.3, -0.25) is 10.1 Å². The Morgan fingerprint density at radius 3 is 2.56 bits per heavy atom. The van der Waals surface area contributed by atoms with E-state index in [1.54, 1.807) is 0 Å². The predicted octanol–water partition coefficient (Wildman–Crippen LogP) is 2.02. The molecule has 1 aromatic rings. The molecule has 16 heavy (non-hydrogen) atoms. The van der Waals surface area contributed by atoms with Gasteiger partial charge in [-0.1, -0.05) is 25.2 Å². The van der Waals surface area contributed by atoms with Crippen molar-refractivity contribution in [2.75, 3.05) is 11.9 Å². The molecule has 0 saturated carbocycles. The Hall–Kier alpha value is -1.01. The topological polar surface area (TPSA) is 64.1 Å². The monoisotopic (exact) mass is 243 g/mol. The highest BCUT2D eigenvalue weighted by Gasteiger charge is 2.10. The van der Waals surface area contributed by atoms with Crippen LogP contribution in [-0.4, -0.2) is 28.8 Å². The highest BCUT2D eigenvalue weighted by molar-refractivity contribution is 7.15. The van der Waals surface area contributed by atoms with Crippen molar-refractivity contribution in [2.45, 2.75) is 39.7 Å². The molecule has 90 valence electrons. The Balaban J connectivity index is 2.43. The first-order valence-electron chi connectivity index (χ1n) is 5.24. The Morgan fingerprint density at radius 2 is 2.06 bits per heavy atom. The van der Waals surface area contributed by atoms with Crippen molar-refractivity contribution >= 4 is 22.4 Å². The quantitative estimate of drug-likeness (QED) is 0.859. The minimum Gasteiger partial charge on any atom is -0.369 e. The summed E-state index contributed by atoms with van der Waals surface area (Å²) in [6, 6.07) is 0. The Labute approximate surface area is 99.2 Å². The first kappa shape index (κ1) is 13.1. The fourth-order valence-electron chi connectivity index (χ4n) is 0.916. The summed E-state index contributed by atoms with van der Waals surface area (Å²) in [7, 11) is 0.